The molecule has 2 aromatic rings. The number of Topliss-reactive ketones (excluding diaryl/α,β-unsaturated/α-hetero) is 1. The lowest BCUT2D eigenvalue weighted by molar-refractivity contribution is -0.116. The van der Waals surface area contributed by atoms with E-state index in [0.29, 0.717) is 12.2 Å². The van der Waals surface area contributed by atoms with Crippen LogP contribution in [0.2, 0.25) is 0 Å². The van der Waals surface area contributed by atoms with Crippen molar-refractivity contribution in [1.82, 2.24) is 0 Å². The SMILES string of the molecule is Cc1cc(F)ccc1CC(=O)CSc1ccc(F)cc1. The molecule has 0 radical (unpaired) electrons. The van der Waals surface area contributed by atoms with Crippen molar-refractivity contribution in [3.05, 3.63) is 65.2 Å². The van der Waals surface area contributed by atoms with Crippen molar-refractivity contribution in [3.63, 3.8) is 0 Å². The standard InChI is InChI=1S/C16H14F2OS/c1-11-8-14(18)3-2-12(11)9-15(19)10-20-16-6-4-13(17)5-7-16/h2-8H,9-10H2,1H3. The Labute approximate surface area is 121 Å². The Morgan fingerprint density at radius 1 is 1.05 bits per heavy atom. The molecule has 0 atom stereocenters. The van der Waals surface area contributed by atoms with Crippen molar-refractivity contribution in [2.75, 3.05) is 5.75 Å². The normalized spacial score (nSPS) is 10.6. The first-order valence-corrected chi connectivity index (χ1v) is 7.18. The molecule has 20 heavy (non-hydrogen) atoms. The predicted octanol–water partition coefficient (Wildman–Crippen LogP) is 4.18. The molecule has 0 spiro atoms. The fourth-order valence-corrected chi connectivity index (χ4v) is 2.57. The molecule has 0 aromatic heterocycles. The third-order valence-electron chi connectivity index (χ3n) is 2.91. The van der Waals surface area contributed by atoms with Gasteiger partial charge in [-0.05, 0) is 54.4 Å². The summed E-state index contributed by atoms with van der Waals surface area (Å²) in [5.74, 6) is -0.196. The van der Waals surface area contributed by atoms with Crippen LogP contribution < -0.4 is 0 Å². The van der Waals surface area contributed by atoms with Crippen molar-refractivity contribution in [2.24, 2.45) is 0 Å². The number of rotatable bonds is 5. The second-order valence-corrected chi connectivity index (χ2v) is 5.58. The molecule has 0 aliphatic heterocycles. The van der Waals surface area contributed by atoms with Crippen molar-refractivity contribution in [3.8, 4) is 0 Å². The number of carbonyl (C=O) groups excluding carboxylic acids is 1. The van der Waals surface area contributed by atoms with Gasteiger partial charge >= 0.3 is 0 Å². The first kappa shape index (κ1) is 14.7. The average molecular weight is 292 g/mol. The van der Waals surface area contributed by atoms with E-state index >= 15 is 0 Å². The minimum absolute atomic E-state index is 0.0639. The van der Waals surface area contributed by atoms with Gasteiger partial charge in [-0.1, -0.05) is 6.07 Å². The molecule has 0 saturated heterocycles. The Morgan fingerprint density at radius 2 is 1.70 bits per heavy atom. The Hall–Kier alpha value is -1.68. The number of halogens is 2. The van der Waals surface area contributed by atoms with Crippen LogP contribution in [0.3, 0.4) is 0 Å². The summed E-state index contributed by atoms with van der Waals surface area (Å²) in [5, 5.41) is 0. The van der Waals surface area contributed by atoms with Crippen LogP contribution >= 0.6 is 11.8 Å². The molecule has 0 heterocycles. The zero-order valence-electron chi connectivity index (χ0n) is 11.0. The van der Waals surface area contributed by atoms with Gasteiger partial charge in [0.1, 0.15) is 17.4 Å². The lowest BCUT2D eigenvalue weighted by Gasteiger charge is -2.05. The molecule has 0 fully saturated rings. The fourth-order valence-electron chi connectivity index (χ4n) is 1.82. The Morgan fingerprint density at radius 3 is 2.35 bits per heavy atom. The maximum Gasteiger partial charge on any atom is 0.147 e. The molecule has 0 bridgehead atoms. The molecule has 2 rings (SSSR count). The van der Waals surface area contributed by atoms with Gasteiger partial charge < -0.3 is 0 Å². The zero-order valence-corrected chi connectivity index (χ0v) is 11.8. The highest BCUT2D eigenvalue weighted by molar-refractivity contribution is 8.00. The smallest absolute Gasteiger partial charge is 0.147 e. The molecular formula is C16H14F2OS. The van der Waals surface area contributed by atoms with Crippen LogP contribution in [0.1, 0.15) is 11.1 Å². The molecule has 0 saturated carbocycles. The van der Waals surface area contributed by atoms with Crippen molar-refractivity contribution >= 4 is 17.5 Å². The topological polar surface area (TPSA) is 17.1 Å². The highest BCUT2D eigenvalue weighted by Gasteiger charge is 2.08. The van der Waals surface area contributed by atoms with E-state index in [2.05, 4.69) is 0 Å². The highest BCUT2D eigenvalue weighted by Crippen LogP contribution is 2.19. The van der Waals surface area contributed by atoms with E-state index in [1.165, 1.54) is 36.0 Å². The monoisotopic (exact) mass is 292 g/mol. The van der Waals surface area contributed by atoms with E-state index < -0.39 is 0 Å². The van der Waals surface area contributed by atoms with Crippen molar-refractivity contribution in [1.29, 1.82) is 0 Å². The number of hydrogen-bond acceptors (Lipinski definition) is 2. The van der Waals surface area contributed by atoms with Crippen LogP contribution in [0.25, 0.3) is 0 Å². The molecule has 0 aliphatic carbocycles. The van der Waals surface area contributed by atoms with E-state index in [4.69, 9.17) is 0 Å². The quantitative estimate of drug-likeness (QED) is 0.769. The molecule has 0 unspecified atom stereocenters. The summed E-state index contributed by atoms with van der Waals surface area (Å²) in [6, 6.07) is 10.5. The average Bonchev–Trinajstić information content (AvgIpc) is 2.41. The van der Waals surface area contributed by atoms with Crippen LogP contribution in [0.5, 0.6) is 0 Å². The summed E-state index contributed by atoms with van der Waals surface area (Å²) in [7, 11) is 0. The van der Waals surface area contributed by atoms with E-state index in [0.717, 1.165) is 16.0 Å². The van der Waals surface area contributed by atoms with Gasteiger partial charge in [0.15, 0.2) is 0 Å². The van der Waals surface area contributed by atoms with E-state index in [-0.39, 0.29) is 17.4 Å². The second kappa shape index (κ2) is 6.66. The summed E-state index contributed by atoms with van der Waals surface area (Å²) in [6.07, 6.45) is 0.292. The number of benzene rings is 2. The van der Waals surface area contributed by atoms with Gasteiger partial charge in [0.05, 0.1) is 5.75 Å². The minimum atomic E-state index is -0.292. The molecule has 0 aliphatic rings. The number of aryl methyl sites for hydroxylation is 1. The van der Waals surface area contributed by atoms with E-state index in [1.54, 1.807) is 25.1 Å². The number of ketones is 1. The van der Waals surface area contributed by atoms with Gasteiger partial charge in [-0.2, -0.15) is 0 Å². The van der Waals surface area contributed by atoms with Gasteiger partial charge in [0.2, 0.25) is 0 Å². The molecule has 1 nitrogen and oxygen atoms in total. The van der Waals surface area contributed by atoms with E-state index in [1.807, 2.05) is 0 Å². The maximum absolute atomic E-state index is 13.0. The lowest BCUT2D eigenvalue weighted by atomic mass is 10.0. The van der Waals surface area contributed by atoms with Gasteiger partial charge in [0, 0.05) is 11.3 Å². The van der Waals surface area contributed by atoms with Gasteiger partial charge in [0.25, 0.3) is 0 Å². The maximum atomic E-state index is 13.0. The van der Waals surface area contributed by atoms with Crippen molar-refractivity contribution < 1.29 is 13.6 Å². The fraction of sp³-hybridized carbons (Fsp3) is 0.188. The van der Waals surface area contributed by atoms with Crippen molar-refractivity contribution in [2.45, 2.75) is 18.2 Å². The Bertz CT molecular complexity index is 608. The van der Waals surface area contributed by atoms with Crippen LogP contribution in [0, 0.1) is 18.6 Å². The molecule has 0 N–H and O–H groups in total. The first-order chi connectivity index (χ1) is 9.54. The summed E-state index contributed by atoms with van der Waals surface area (Å²) in [5.41, 5.74) is 1.63. The lowest BCUT2D eigenvalue weighted by Crippen LogP contribution is -2.07. The first-order valence-electron chi connectivity index (χ1n) is 6.19. The van der Waals surface area contributed by atoms with E-state index in [9.17, 15) is 13.6 Å². The highest BCUT2D eigenvalue weighted by atomic mass is 32.2. The predicted molar refractivity (Wildman–Crippen MR) is 77.0 cm³/mol. The van der Waals surface area contributed by atoms with Gasteiger partial charge in [-0.15, -0.1) is 11.8 Å². The minimum Gasteiger partial charge on any atom is -0.298 e. The number of carbonyl (C=O) groups is 1. The summed E-state index contributed by atoms with van der Waals surface area (Å²) >= 11 is 1.38. The molecule has 104 valence electrons. The largest absolute Gasteiger partial charge is 0.298 e. The number of hydrogen-bond donors (Lipinski definition) is 0. The van der Waals surface area contributed by atoms with Gasteiger partial charge in [-0.3, -0.25) is 4.79 Å². The molecule has 4 heteroatoms. The second-order valence-electron chi connectivity index (χ2n) is 4.53. The van der Waals surface area contributed by atoms with Crippen LogP contribution in [-0.2, 0) is 11.2 Å². The zero-order chi connectivity index (χ0) is 14.5. The Kier molecular flexibility index (Phi) is 4.90. The Balaban J connectivity index is 1.90. The summed E-state index contributed by atoms with van der Waals surface area (Å²) in [4.78, 5) is 12.8. The third kappa shape index (κ3) is 4.17. The molecule has 2 aromatic carbocycles. The number of thioether (sulfide) groups is 1. The third-order valence-corrected chi connectivity index (χ3v) is 3.98. The van der Waals surface area contributed by atoms with Gasteiger partial charge in [-0.25, -0.2) is 8.78 Å². The summed E-state index contributed by atoms with van der Waals surface area (Å²) in [6.45, 7) is 1.79. The van der Waals surface area contributed by atoms with Crippen LogP contribution in [-0.4, -0.2) is 11.5 Å². The van der Waals surface area contributed by atoms with Crippen LogP contribution in [0.15, 0.2) is 47.4 Å². The molecular weight excluding hydrogens is 278 g/mol. The van der Waals surface area contributed by atoms with Crippen LogP contribution in [0.4, 0.5) is 8.78 Å². The summed E-state index contributed by atoms with van der Waals surface area (Å²) < 4.78 is 25.7. The molecule has 0 amide bonds.